The zero-order valence-electron chi connectivity index (χ0n) is 17.6. The quantitative estimate of drug-likeness (QED) is 0.712. The number of methoxy groups -OCH3 is 3. The van der Waals surface area contributed by atoms with Crippen molar-refractivity contribution < 1.29 is 19.0 Å². The average Bonchev–Trinajstić information content (AvgIpc) is 2.66. The molecule has 4 nitrogen and oxygen atoms in total. The van der Waals surface area contributed by atoms with E-state index in [4.69, 9.17) is 14.2 Å². The SMILES string of the molecule is COC(=O)C1(C)CCCC2(C)c3ccc(C(C)(C)OC)cc3C(OC)=CC12. The highest BCUT2D eigenvalue weighted by Crippen LogP contribution is 2.58. The maximum absolute atomic E-state index is 12.7. The van der Waals surface area contributed by atoms with Crippen molar-refractivity contribution in [3.05, 3.63) is 41.0 Å². The van der Waals surface area contributed by atoms with E-state index in [1.165, 1.54) is 12.7 Å². The molecule has 148 valence electrons. The first-order valence-corrected chi connectivity index (χ1v) is 9.69. The summed E-state index contributed by atoms with van der Waals surface area (Å²) in [6.45, 7) is 8.44. The maximum atomic E-state index is 12.7. The topological polar surface area (TPSA) is 44.8 Å². The number of allylic oxidation sites excluding steroid dienone is 1. The Balaban J connectivity index is 2.20. The van der Waals surface area contributed by atoms with Crippen LogP contribution in [0.4, 0.5) is 0 Å². The average molecular weight is 373 g/mol. The van der Waals surface area contributed by atoms with E-state index in [-0.39, 0.29) is 22.9 Å². The Morgan fingerprint density at radius 2 is 1.85 bits per heavy atom. The summed E-state index contributed by atoms with van der Waals surface area (Å²) in [5.74, 6) is 0.735. The van der Waals surface area contributed by atoms with E-state index in [0.29, 0.717) is 0 Å². The van der Waals surface area contributed by atoms with Crippen LogP contribution in [0.5, 0.6) is 0 Å². The number of carbonyl (C=O) groups is 1. The van der Waals surface area contributed by atoms with Crippen molar-refractivity contribution in [2.75, 3.05) is 21.3 Å². The van der Waals surface area contributed by atoms with Crippen molar-refractivity contribution in [1.29, 1.82) is 0 Å². The predicted molar refractivity (Wildman–Crippen MR) is 106 cm³/mol. The lowest BCUT2D eigenvalue weighted by Crippen LogP contribution is -2.51. The first-order chi connectivity index (χ1) is 12.6. The highest BCUT2D eigenvalue weighted by atomic mass is 16.5. The Morgan fingerprint density at radius 1 is 1.15 bits per heavy atom. The Bertz CT molecular complexity index is 779. The summed E-state index contributed by atoms with van der Waals surface area (Å²) in [5.41, 5.74) is 2.41. The number of esters is 1. The fourth-order valence-corrected chi connectivity index (χ4v) is 5.13. The maximum Gasteiger partial charge on any atom is 0.312 e. The van der Waals surface area contributed by atoms with Gasteiger partial charge in [0.05, 0.1) is 25.2 Å². The van der Waals surface area contributed by atoms with Crippen LogP contribution in [0, 0.1) is 11.3 Å². The second-order valence-electron chi connectivity index (χ2n) is 8.87. The minimum absolute atomic E-state index is 0.0370. The molecular formula is C23H32O4. The lowest BCUT2D eigenvalue weighted by Gasteiger charge is -2.52. The van der Waals surface area contributed by atoms with E-state index in [1.807, 2.05) is 6.92 Å². The number of fused-ring (bicyclic) bond motifs is 3. The molecule has 0 N–H and O–H groups in total. The lowest BCUT2D eigenvalue weighted by molar-refractivity contribution is -0.158. The molecule has 0 spiro atoms. The standard InChI is InChI=1S/C23H32O4/c1-21(2,27-7)15-9-10-17-16(13-15)18(25-5)14-19-22(17,3)11-8-12-23(19,4)20(24)26-6/h9-10,13-14,19H,8,11-12H2,1-7H3. The monoisotopic (exact) mass is 372 g/mol. The molecule has 0 bridgehead atoms. The van der Waals surface area contributed by atoms with Gasteiger partial charge in [-0.2, -0.15) is 0 Å². The molecule has 2 aliphatic carbocycles. The smallest absolute Gasteiger partial charge is 0.312 e. The van der Waals surface area contributed by atoms with Crippen LogP contribution in [-0.2, 0) is 30.0 Å². The van der Waals surface area contributed by atoms with Crippen LogP contribution in [0.1, 0.15) is 63.6 Å². The van der Waals surface area contributed by atoms with Crippen molar-refractivity contribution in [2.24, 2.45) is 11.3 Å². The first kappa shape index (κ1) is 19.9. The van der Waals surface area contributed by atoms with E-state index in [0.717, 1.165) is 36.1 Å². The lowest BCUT2D eigenvalue weighted by atomic mass is 9.51. The molecule has 3 atom stereocenters. The molecule has 1 fully saturated rings. The zero-order chi connectivity index (χ0) is 20.0. The molecule has 1 aromatic carbocycles. The van der Waals surface area contributed by atoms with Crippen molar-refractivity contribution in [3.63, 3.8) is 0 Å². The Morgan fingerprint density at radius 3 is 2.44 bits per heavy atom. The van der Waals surface area contributed by atoms with Crippen molar-refractivity contribution in [3.8, 4) is 0 Å². The number of hydrogen-bond donors (Lipinski definition) is 0. The highest BCUT2D eigenvalue weighted by Gasteiger charge is 2.55. The van der Waals surface area contributed by atoms with E-state index < -0.39 is 5.41 Å². The number of benzene rings is 1. The van der Waals surface area contributed by atoms with E-state index >= 15 is 0 Å². The second kappa shape index (κ2) is 6.66. The summed E-state index contributed by atoms with van der Waals surface area (Å²) >= 11 is 0. The third kappa shape index (κ3) is 2.89. The van der Waals surface area contributed by atoms with Gasteiger partial charge in [-0.05, 0) is 56.9 Å². The van der Waals surface area contributed by atoms with Crippen LogP contribution in [0.15, 0.2) is 24.3 Å². The summed E-state index contributed by atoms with van der Waals surface area (Å²) in [6.07, 6.45) is 5.02. The molecule has 1 saturated carbocycles. The Kier molecular flexibility index (Phi) is 4.92. The van der Waals surface area contributed by atoms with Gasteiger partial charge < -0.3 is 14.2 Å². The van der Waals surface area contributed by atoms with Gasteiger partial charge in [-0.15, -0.1) is 0 Å². The molecule has 4 heteroatoms. The fraction of sp³-hybridized carbons (Fsp3) is 0.609. The van der Waals surface area contributed by atoms with E-state index in [2.05, 4.69) is 45.0 Å². The summed E-state index contributed by atoms with van der Waals surface area (Å²) in [6, 6.07) is 6.53. The molecule has 0 heterocycles. The highest BCUT2D eigenvalue weighted by molar-refractivity contribution is 5.80. The molecule has 0 radical (unpaired) electrons. The third-order valence-corrected chi connectivity index (χ3v) is 7.06. The molecule has 0 aromatic heterocycles. The van der Waals surface area contributed by atoms with Gasteiger partial charge in [0.1, 0.15) is 5.76 Å². The molecule has 3 rings (SSSR count). The third-order valence-electron chi connectivity index (χ3n) is 7.06. The normalized spacial score (nSPS) is 30.0. The van der Waals surface area contributed by atoms with Crippen LogP contribution in [-0.4, -0.2) is 27.3 Å². The Hall–Kier alpha value is -1.81. The van der Waals surface area contributed by atoms with Gasteiger partial charge in [-0.25, -0.2) is 0 Å². The Labute approximate surface area is 162 Å². The van der Waals surface area contributed by atoms with Gasteiger partial charge in [0.15, 0.2) is 0 Å². The van der Waals surface area contributed by atoms with Gasteiger partial charge in [0, 0.05) is 24.0 Å². The second-order valence-corrected chi connectivity index (χ2v) is 8.87. The summed E-state index contributed by atoms with van der Waals surface area (Å²) in [7, 11) is 4.91. The molecule has 0 amide bonds. The van der Waals surface area contributed by atoms with Gasteiger partial charge in [-0.1, -0.05) is 25.5 Å². The van der Waals surface area contributed by atoms with Crippen LogP contribution >= 0.6 is 0 Å². The summed E-state index contributed by atoms with van der Waals surface area (Å²) in [4.78, 5) is 12.7. The number of ether oxygens (including phenoxy) is 3. The predicted octanol–water partition coefficient (Wildman–Crippen LogP) is 4.81. The van der Waals surface area contributed by atoms with Gasteiger partial charge in [-0.3, -0.25) is 4.79 Å². The van der Waals surface area contributed by atoms with E-state index in [9.17, 15) is 4.79 Å². The largest absolute Gasteiger partial charge is 0.496 e. The number of carbonyl (C=O) groups excluding carboxylic acids is 1. The number of rotatable bonds is 4. The summed E-state index contributed by atoms with van der Waals surface area (Å²) in [5, 5.41) is 0. The molecule has 27 heavy (non-hydrogen) atoms. The molecule has 3 unspecified atom stereocenters. The van der Waals surface area contributed by atoms with Crippen LogP contribution in [0.25, 0.3) is 5.76 Å². The zero-order valence-corrected chi connectivity index (χ0v) is 17.6. The molecule has 1 aromatic rings. The van der Waals surface area contributed by atoms with Crippen molar-refractivity contribution >= 4 is 11.7 Å². The summed E-state index contributed by atoms with van der Waals surface area (Å²) < 4.78 is 16.7. The van der Waals surface area contributed by atoms with Crippen molar-refractivity contribution in [1.82, 2.24) is 0 Å². The minimum Gasteiger partial charge on any atom is -0.496 e. The van der Waals surface area contributed by atoms with Gasteiger partial charge in [0.25, 0.3) is 0 Å². The van der Waals surface area contributed by atoms with Crippen LogP contribution < -0.4 is 0 Å². The first-order valence-electron chi connectivity index (χ1n) is 9.69. The molecular weight excluding hydrogens is 340 g/mol. The van der Waals surface area contributed by atoms with Crippen LogP contribution in [0.2, 0.25) is 0 Å². The molecule has 0 aliphatic heterocycles. The van der Waals surface area contributed by atoms with Gasteiger partial charge in [0.2, 0.25) is 0 Å². The van der Waals surface area contributed by atoms with Crippen molar-refractivity contribution in [2.45, 2.75) is 58.0 Å². The molecule has 2 aliphatic rings. The molecule has 0 saturated heterocycles. The minimum atomic E-state index is -0.548. The number of hydrogen-bond acceptors (Lipinski definition) is 4. The van der Waals surface area contributed by atoms with Crippen LogP contribution in [0.3, 0.4) is 0 Å². The van der Waals surface area contributed by atoms with Gasteiger partial charge >= 0.3 is 5.97 Å². The van der Waals surface area contributed by atoms with E-state index in [1.54, 1.807) is 14.2 Å². The fourth-order valence-electron chi connectivity index (χ4n) is 5.13.